The molecule has 0 aliphatic carbocycles. The SMILES string of the molecule is CC(C)(C)C(=O)NCCOc1ccc2nnc(-c3cccc(F)c3)n2n1. The Kier molecular flexibility index (Phi) is 4.83. The zero-order chi connectivity index (χ0) is 18.7. The third-order valence-corrected chi connectivity index (χ3v) is 3.64. The van der Waals surface area contributed by atoms with Crippen LogP contribution in [-0.2, 0) is 4.79 Å². The fourth-order valence-electron chi connectivity index (χ4n) is 2.24. The van der Waals surface area contributed by atoms with Gasteiger partial charge in [0.2, 0.25) is 11.8 Å². The summed E-state index contributed by atoms with van der Waals surface area (Å²) < 4.78 is 20.5. The number of carbonyl (C=O) groups excluding carboxylic acids is 1. The Morgan fingerprint density at radius 2 is 2.04 bits per heavy atom. The number of carbonyl (C=O) groups is 1. The fraction of sp³-hybridized carbons (Fsp3) is 0.333. The molecule has 136 valence electrons. The molecule has 0 radical (unpaired) electrons. The number of fused-ring (bicyclic) bond motifs is 1. The van der Waals surface area contributed by atoms with Gasteiger partial charge in [0.15, 0.2) is 11.5 Å². The van der Waals surface area contributed by atoms with Crippen LogP contribution in [0.4, 0.5) is 4.39 Å². The standard InChI is InChI=1S/C18H20FN5O2/c1-18(2,3)17(25)20-9-10-26-15-8-7-14-21-22-16(24(14)23-15)12-5-4-6-13(19)11-12/h4-8,11H,9-10H2,1-3H3,(H,20,25). The van der Waals surface area contributed by atoms with Crippen molar-refractivity contribution >= 4 is 11.6 Å². The molecule has 1 amide bonds. The first-order chi connectivity index (χ1) is 12.3. The number of aromatic nitrogens is 4. The molecule has 0 aliphatic heterocycles. The zero-order valence-corrected chi connectivity index (χ0v) is 14.9. The van der Waals surface area contributed by atoms with Crippen molar-refractivity contribution in [3.05, 3.63) is 42.2 Å². The Balaban J connectivity index is 1.71. The van der Waals surface area contributed by atoms with Crippen molar-refractivity contribution in [2.45, 2.75) is 20.8 Å². The van der Waals surface area contributed by atoms with Crippen LogP contribution in [-0.4, -0.2) is 38.9 Å². The molecule has 26 heavy (non-hydrogen) atoms. The van der Waals surface area contributed by atoms with Gasteiger partial charge in [0.1, 0.15) is 12.4 Å². The van der Waals surface area contributed by atoms with Gasteiger partial charge in [-0.2, -0.15) is 4.52 Å². The van der Waals surface area contributed by atoms with E-state index in [0.717, 1.165) is 0 Å². The number of hydrogen-bond donors (Lipinski definition) is 1. The molecule has 8 heteroatoms. The molecule has 0 saturated heterocycles. The molecule has 1 aromatic carbocycles. The van der Waals surface area contributed by atoms with Crippen LogP contribution in [0.5, 0.6) is 5.88 Å². The highest BCUT2D eigenvalue weighted by Gasteiger charge is 2.20. The van der Waals surface area contributed by atoms with Gasteiger partial charge in [-0.1, -0.05) is 32.9 Å². The second-order valence-corrected chi connectivity index (χ2v) is 6.83. The van der Waals surface area contributed by atoms with Gasteiger partial charge in [0, 0.05) is 17.0 Å². The number of nitrogens with zero attached hydrogens (tertiary/aromatic N) is 4. The topological polar surface area (TPSA) is 81.4 Å². The maximum absolute atomic E-state index is 13.5. The van der Waals surface area contributed by atoms with Crippen molar-refractivity contribution in [1.29, 1.82) is 0 Å². The first-order valence-corrected chi connectivity index (χ1v) is 8.24. The first kappa shape index (κ1) is 17.8. The van der Waals surface area contributed by atoms with Crippen molar-refractivity contribution in [2.24, 2.45) is 5.41 Å². The lowest BCUT2D eigenvalue weighted by Crippen LogP contribution is -2.37. The van der Waals surface area contributed by atoms with Crippen LogP contribution in [0.15, 0.2) is 36.4 Å². The van der Waals surface area contributed by atoms with Crippen molar-refractivity contribution in [3.63, 3.8) is 0 Å². The summed E-state index contributed by atoms with van der Waals surface area (Å²) in [5.41, 5.74) is 0.650. The van der Waals surface area contributed by atoms with Crippen LogP contribution in [0.3, 0.4) is 0 Å². The van der Waals surface area contributed by atoms with E-state index in [1.165, 1.54) is 16.6 Å². The van der Waals surface area contributed by atoms with E-state index in [1.807, 2.05) is 20.8 Å². The normalized spacial score (nSPS) is 11.5. The average molecular weight is 357 g/mol. The Morgan fingerprint density at radius 3 is 2.77 bits per heavy atom. The second-order valence-electron chi connectivity index (χ2n) is 6.83. The highest BCUT2D eigenvalue weighted by molar-refractivity contribution is 5.81. The molecule has 0 fully saturated rings. The van der Waals surface area contributed by atoms with Crippen LogP contribution in [0, 0.1) is 11.2 Å². The van der Waals surface area contributed by atoms with Crippen LogP contribution in [0.1, 0.15) is 20.8 Å². The fourth-order valence-corrected chi connectivity index (χ4v) is 2.24. The molecule has 7 nitrogen and oxygen atoms in total. The van der Waals surface area contributed by atoms with E-state index in [4.69, 9.17) is 4.74 Å². The molecule has 2 heterocycles. The number of halogens is 1. The zero-order valence-electron chi connectivity index (χ0n) is 14.9. The van der Waals surface area contributed by atoms with Gasteiger partial charge in [0.05, 0.1) is 6.54 Å². The second kappa shape index (κ2) is 7.07. The molecule has 0 unspecified atom stereocenters. The molecular weight excluding hydrogens is 337 g/mol. The van der Waals surface area contributed by atoms with Crippen LogP contribution >= 0.6 is 0 Å². The van der Waals surface area contributed by atoms with E-state index in [-0.39, 0.29) is 18.3 Å². The first-order valence-electron chi connectivity index (χ1n) is 8.24. The number of hydrogen-bond acceptors (Lipinski definition) is 5. The largest absolute Gasteiger partial charge is 0.475 e. The summed E-state index contributed by atoms with van der Waals surface area (Å²) in [7, 11) is 0. The van der Waals surface area contributed by atoms with E-state index in [2.05, 4.69) is 20.6 Å². The van der Waals surface area contributed by atoms with Gasteiger partial charge in [0.25, 0.3) is 0 Å². The highest BCUT2D eigenvalue weighted by atomic mass is 19.1. The molecule has 1 N–H and O–H groups in total. The van der Waals surface area contributed by atoms with Crippen molar-refractivity contribution in [1.82, 2.24) is 25.1 Å². The van der Waals surface area contributed by atoms with Crippen LogP contribution in [0.2, 0.25) is 0 Å². The molecule has 0 spiro atoms. The molecule has 2 aromatic heterocycles. The summed E-state index contributed by atoms with van der Waals surface area (Å²) in [6.45, 7) is 6.18. The van der Waals surface area contributed by atoms with E-state index in [9.17, 15) is 9.18 Å². The Hall–Kier alpha value is -3.03. The van der Waals surface area contributed by atoms with Crippen LogP contribution < -0.4 is 10.1 Å². The third kappa shape index (κ3) is 3.96. The number of nitrogens with one attached hydrogen (secondary N) is 1. The van der Waals surface area contributed by atoms with E-state index < -0.39 is 5.41 Å². The number of amides is 1. The summed E-state index contributed by atoms with van der Waals surface area (Å²) in [5, 5.41) is 15.2. The summed E-state index contributed by atoms with van der Waals surface area (Å²) >= 11 is 0. The van der Waals surface area contributed by atoms with E-state index in [1.54, 1.807) is 24.3 Å². The maximum Gasteiger partial charge on any atom is 0.231 e. The monoisotopic (exact) mass is 357 g/mol. The van der Waals surface area contributed by atoms with Gasteiger partial charge in [-0.25, -0.2) is 4.39 Å². The third-order valence-electron chi connectivity index (χ3n) is 3.64. The maximum atomic E-state index is 13.5. The van der Waals surface area contributed by atoms with Gasteiger partial charge in [-0.3, -0.25) is 4.79 Å². The molecule has 0 aliphatic rings. The number of ether oxygens (including phenoxy) is 1. The molecule has 3 aromatic rings. The predicted molar refractivity (Wildman–Crippen MR) is 94.1 cm³/mol. The van der Waals surface area contributed by atoms with Crippen LogP contribution in [0.25, 0.3) is 17.0 Å². The van der Waals surface area contributed by atoms with Gasteiger partial charge in [-0.05, 0) is 18.2 Å². The highest BCUT2D eigenvalue weighted by Crippen LogP contribution is 2.19. The quantitative estimate of drug-likeness (QED) is 0.710. The lowest BCUT2D eigenvalue weighted by Gasteiger charge is -2.17. The summed E-state index contributed by atoms with van der Waals surface area (Å²) in [4.78, 5) is 11.8. The molecule has 0 saturated carbocycles. The lowest BCUT2D eigenvalue weighted by atomic mass is 9.96. The molecular formula is C18H20FN5O2. The Morgan fingerprint density at radius 1 is 1.23 bits per heavy atom. The van der Waals surface area contributed by atoms with E-state index >= 15 is 0 Å². The van der Waals surface area contributed by atoms with Crippen molar-refractivity contribution in [2.75, 3.05) is 13.2 Å². The van der Waals surface area contributed by atoms with Crippen molar-refractivity contribution in [3.8, 4) is 17.3 Å². The molecule has 0 bridgehead atoms. The van der Waals surface area contributed by atoms with Crippen molar-refractivity contribution < 1.29 is 13.9 Å². The minimum absolute atomic E-state index is 0.0447. The average Bonchev–Trinajstić information content (AvgIpc) is 3.01. The lowest BCUT2D eigenvalue weighted by molar-refractivity contribution is -0.128. The smallest absolute Gasteiger partial charge is 0.231 e. The Labute approximate surface area is 150 Å². The molecule has 0 atom stereocenters. The Bertz CT molecular complexity index is 933. The molecule has 3 rings (SSSR count). The number of rotatable bonds is 5. The van der Waals surface area contributed by atoms with E-state index in [0.29, 0.717) is 29.5 Å². The van der Waals surface area contributed by atoms with Gasteiger partial charge < -0.3 is 10.1 Å². The summed E-state index contributed by atoms with van der Waals surface area (Å²) in [6.07, 6.45) is 0. The van der Waals surface area contributed by atoms with Gasteiger partial charge >= 0.3 is 0 Å². The summed E-state index contributed by atoms with van der Waals surface area (Å²) in [6, 6.07) is 9.45. The predicted octanol–water partition coefficient (Wildman–Crippen LogP) is 2.47. The van der Waals surface area contributed by atoms with Gasteiger partial charge in [-0.15, -0.1) is 15.3 Å². The minimum Gasteiger partial charge on any atom is -0.475 e. The minimum atomic E-state index is -0.445. The summed E-state index contributed by atoms with van der Waals surface area (Å²) in [5.74, 6) is 0.379. The number of benzene rings is 1.